The Morgan fingerprint density at radius 2 is 1.86 bits per heavy atom. The molecule has 0 spiro atoms. The molecule has 8 atom stereocenters. The number of alkyl carbamates (subject to hydrolysis) is 1. The molecule has 17 heteroatoms. The van der Waals surface area contributed by atoms with Gasteiger partial charge in [-0.05, 0) is 84.4 Å². The fraction of sp³-hybridized carbons (Fsp3) is 0.452. The van der Waals surface area contributed by atoms with Crippen LogP contribution in [0, 0.1) is 5.92 Å². The maximum Gasteiger partial charge on any atom is 0.407 e. The second kappa shape index (κ2) is 16.0. The molecule has 310 valence electrons. The number of amides is 3. The lowest BCUT2D eigenvalue weighted by molar-refractivity contribution is -0.145. The van der Waals surface area contributed by atoms with Crippen molar-refractivity contribution in [1.29, 1.82) is 0 Å². The summed E-state index contributed by atoms with van der Waals surface area (Å²) in [5, 5.41) is 17.6. The van der Waals surface area contributed by atoms with Crippen molar-refractivity contribution in [3.8, 4) is 28.1 Å². The lowest BCUT2D eigenvalue weighted by Crippen LogP contribution is -2.58. The average molecular weight is 919 g/mol. The monoisotopic (exact) mass is 918 g/mol. The molecule has 3 saturated heterocycles. The summed E-state index contributed by atoms with van der Waals surface area (Å²) in [7, 11) is 4.17. The molecule has 2 aromatic heterocycles. The van der Waals surface area contributed by atoms with Crippen molar-refractivity contribution in [1.82, 2.24) is 40.4 Å². The highest BCUT2D eigenvalue weighted by molar-refractivity contribution is 14.1. The molecule has 0 aliphatic carbocycles. The number of aliphatic hydroxyl groups excluding tert-OH is 1. The van der Waals surface area contributed by atoms with Crippen LogP contribution in [0.3, 0.4) is 0 Å². The van der Waals surface area contributed by atoms with Crippen molar-refractivity contribution in [3.63, 3.8) is 0 Å². The average Bonchev–Trinajstić information content (AvgIpc) is 4.06. The van der Waals surface area contributed by atoms with Gasteiger partial charge in [-0.25, -0.2) is 14.8 Å². The van der Waals surface area contributed by atoms with E-state index in [0.717, 1.165) is 93.4 Å². The molecule has 0 saturated carbocycles. The van der Waals surface area contributed by atoms with Crippen molar-refractivity contribution in [2.45, 2.75) is 86.3 Å². The SMILES string of the molecule is COC[C@H](NC(O)OC)C(=O)N1[C@@H](I)CC[C@H]1c1nc2ccc3cc4c(cc3c2[nH]1)OCc1cc(-c2cnc([C@@H]3CC[C@@H]5CC(C)[C@H](NC(=O)OC)C(=O)N53)[nH]2)ccc1-4. The number of nitrogens with one attached hydrogen (secondary N) is 4. The smallest absolute Gasteiger partial charge is 0.407 e. The Labute approximate surface area is 353 Å². The summed E-state index contributed by atoms with van der Waals surface area (Å²) in [6.07, 6.45) is 3.91. The van der Waals surface area contributed by atoms with E-state index in [1.807, 2.05) is 29.0 Å². The van der Waals surface area contributed by atoms with E-state index in [-0.39, 0.29) is 46.5 Å². The van der Waals surface area contributed by atoms with Crippen molar-refractivity contribution >= 4 is 62.3 Å². The van der Waals surface area contributed by atoms with Gasteiger partial charge in [0.2, 0.25) is 18.2 Å². The number of rotatable bonds is 10. The third kappa shape index (κ3) is 7.09. The third-order valence-electron chi connectivity index (χ3n) is 12.4. The van der Waals surface area contributed by atoms with Crippen molar-refractivity contribution in [2.24, 2.45) is 5.92 Å². The number of hydrogen-bond acceptors (Lipinski definition) is 11. The zero-order valence-electron chi connectivity index (χ0n) is 33.2. The minimum absolute atomic E-state index is 0.00605. The summed E-state index contributed by atoms with van der Waals surface area (Å²) in [5.74, 6) is 1.91. The van der Waals surface area contributed by atoms with Crippen molar-refractivity contribution in [3.05, 3.63) is 65.9 Å². The number of halogens is 1. The zero-order valence-corrected chi connectivity index (χ0v) is 35.3. The Hall–Kier alpha value is -4.82. The molecule has 4 aliphatic heterocycles. The van der Waals surface area contributed by atoms with Crippen LogP contribution >= 0.6 is 22.6 Å². The van der Waals surface area contributed by atoms with E-state index in [4.69, 9.17) is 28.9 Å². The van der Waals surface area contributed by atoms with Crippen molar-refractivity contribution in [2.75, 3.05) is 27.9 Å². The van der Waals surface area contributed by atoms with Crippen LogP contribution in [-0.2, 0) is 30.4 Å². The fourth-order valence-corrected chi connectivity index (χ4v) is 10.5. The largest absolute Gasteiger partial charge is 0.488 e. The number of aromatic nitrogens is 4. The summed E-state index contributed by atoms with van der Waals surface area (Å²) in [4.78, 5) is 60.1. The highest BCUT2D eigenvalue weighted by Crippen LogP contribution is 2.45. The number of piperidine rings is 1. The van der Waals surface area contributed by atoms with Crippen LogP contribution in [0.1, 0.15) is 68.3 Å². The first-order chi connectivity index (χ1) is 28.6. The van der Waals surface area contributed by atoms with Gasteiger partial charge in [-0.1, -0.05) is 47.7 Å². The highest BCUT2D eigenvalue weighted by atomic mass is 127. The number of aliphatic hydroxyl groups is 1. The molecule has 5 aromatic rings. The molecule has 6 heterocycles. The quantitative estimate of drug-likeness (QED) is 0.0520. The Bertz CT molecular complexity index is 2440. The second-order valence-electron chi connectivity index (χ2n) is 15.8. The molecule has 3 amide bonds. The number of hydrogen-bond donors (Lipinski definition) is 5. The zero-order chi connectivity index (χ0) is 41.1. The molecule has 3 aromatic carbocycles. The van der Waals surface area contributed by atoms with Gasteiger partial charge in [0.1, 0.15) is 36.1 Å². The predicted octanol–water partition coefficient (Wildman–Crippen LogP) is 5.41. The number of alkyl halides is 1. The van der Waals surface area contributed by atoms with Gasteiger partial charge in [-0.15, -0.1) is 0 Å². The number of H-pyrrole nitrogens is 2. The number of methoxy groups -OCH3 is 3. The van der Waals surface area contributed by atoms with Gasteiger partial charge in [0.05, 0.1) is 52.8 Å². The van der Waals surface area contributed by atoms with Gasteiger partial charge in [0.25, 0.3) is 0 Å². The van der Waals surface area contributed by atoms with Gasteiger partial charge < -0.3 is 49.1 Å². The number of imidazole rings is 2. The lowest BCUT2D eigenvalue weighted by Gasteiger charge is -2.41. The number of ether oxygens (including phenoxy) is 4. The van der Waals surface area contributed by atoms with E-state index in [1.165, 1.54) is 21.3 Å². The van der Waals surface area contributed by atoms with Gasteiger partial charge in [-0.2, -0.15) is 0 Å². The molecule has 59 heavy (non-hydrogen) atoms. The van der Waals surface area contributed by atoms with Crippen molar-refractivity contribution < 1.29 is 38.4 Å². The maximum atomic E-state index is 13.9. The molecule has 0 radical (unpaired) electrons. The molecule has 3 fully saturated rings. The number of carbonyl (C=O) groups excluding carboxylic acids is 3. The minimum atomic E-state index is -1.31. The Kier molecular flexibility index (Phi) is 10.7. The van der Waals surface area contributed by atoms with E-state index in [9.17, 15) is 19.5 Å². The molecular formula is C42H47IN8O8. The summed E-state index contributed by atoms with van der Waals surface area (Å²) >= 11 is 2.29. The number of fused-ring (bicyclic) bond motifs is 7. The maximum absolute atomic E-state index is 13.9. The van der Waals surface area contributed by atoms with Crippen LogP contribution in [0.2, 0.25) is 0 Å². The number of carbonyl (C=O) groups is 3. The van der Waals surface area contributed by atoms with E-state index in [1.54, 1.807) is 0 Å². The van der Waals surface area contributed by atoms with Crippen LogP contribution in [0.4, 0.5) is 4.79 Å². The molecule has 16 nitrogen and oxygen atoms in total. The number of likely N-dealkylation sites (tertiary alicyclic amines) is 1. The Balaban J connectivity index is 0.963. The Morgan fingerprint density at radius 3 is 2.66 bits per heavy atom. The standard InChI is InChI=1S/C42H47IN8O8/c1-20-13-24-7-10-31(50(24)40(53)35(20)49-42(55)58-4)37-44-17-29(46-37)22-5-8-25-23(14-22)18-59-33-16-26-21(15-27(25)33)6-9-28-36(26)48-38(45-28)32-11-12-34(43)51(32)39(52)30(19-56-2)47-41(54)57-3/h5-6,8-9,14-17,20,24,30-32,34-35,41,47,54H,7,10-13,18-19H2,1-4H3,(H,44,46)(H,45,48)(H,49,55)/t20?,24-,30+,31+,32+,34-,35+,41?/m1/s1. The van der Waals surface area contributed by atoms with E-state index >= 15 is 0 Å². The molecular weight excluding hydrogens is 871 g/mol. The number of nitrogens with zero attached hydrogens (tertiary/aromatic N) is 4. The van der Waals surface area contributed by atoms with Gasteiger partial charge >= 0.3 is 6.09 Å². The van der Waals surface area contributed by atoms with Gasteiger partial charge in [-0.3, -0.25) is 14.9 Å². The molecule has 0 bridgehead atoms. The first-order valence-electron chi connectivity index (χ1n) is 19.9. The normalized spacial score (nSPS) is 24.7. The van der Waals surface area contributed by atoms with Crippen LogP contribution in [0.5, 0.6) is 5.75 Å². The first kappa shape index (κ1) is 39.6. The van der Waals surface area contributed by atoms with Crippen LogP contribution in [0.25, 0.3) is 44.2 Å². The van der Waals surface area contributed by atoms with Crippen LogP contribution in [0.15, 0.2) is 48.7 Å². The second-order valence-corrected chi connectivity index (χ2v) is 17.3. The summed E-state index contributed by atoms with van der Waals surface area (Å²) < 4.78 is 21.4. The van der Waals surface area contributed by atoms with Crippen LogP contribution in [-0.4, -0.2) is 109 Å². The third-order valence-corrected chi connectivity index (χ3v) is 13.6. The topological polar surface area (TPSA) is 196 Å². The summed E-state index contributed by atoms with van der Waals surface area (Å²) in [6.45, 7) is 2.45. The van der Waals surface area contributed by atoms with E-state index < -0.39 is 24.6 Å². The summed E-state index contributed by atoms with van der Waals surface area (Å²) in [5.41, 5.74) is 6.61. The molecule has 2 unspecified atom stereocenters. The molecule has 5 N–H and O–H groups in total. The summed E-state index contributed by atoms with van der Waals surface area (Å²) in [6, 6.07) is 12.8. The molecule has 9 rings (SSSR count). The van der Waals surface area contributed by atoms with Gasteiger partial charge in [0, 0.05) is 31.2 Å². The lowest BCUT2D eigenvalue weighted by atomic mass is 9.88. The van der Waals surface area contributed by atoms with E-state index in [2.05, 4.69) is 79.6 Å². The highest BCUT2D eigenvalue weighted by Gasteiger charge is 2.48. The first-order valence-corrected chi connectivity index (χ1v) is 21.2. The number of aromatic amines is 2. The fourth-order valence-electron chi connectivity index (χ4n) is 9.47. The van der Waals surface area contributed by atoms with Crippen LogP contribution < -0.4 is 15.4 Å². The van der Waals surface area contributed by atoms with Gasteiger partial charge in [0.15, 0.2) is 0 Å². The predicted molar refractivity (Wildman–Crippen MR) is 225 cm³/mol. The number of benzene rings is 3. The minimum Gasteiger partial charge on any atom is -0.488 e. The Morgan fingerprint density at radius 1 is 1.03 bits per heavy atom. The molecule has 4 aliphatic rings. The van der Waals surface area contributed by atoms with E-state index in [0.29, 0.717) is 12.4 Å².